The lowest BCUT2D eigenvalue weighted by atomic mass is 10.1. The van der Waals surface area contributed by atoms with Gasteiger partial charge in [0.2, 0.25) is 11.8 Å². The molecule has 4 amide bonds. The zero-order valence-electron chi connectivity index (χ0n) is 15.0. The topological polar surface area (TPSA) is 82.9 Å². The van der Waals surface area contributed by atoms with Gasteiger partial charge in [-0.25, -0.2) is 4.79 Å². The predicted octanol–water partition coefficient (Wildman–Crippen LogP) is 2.67. The Morgan fingerprint density at radius 2 is 2.12 bits per heavy atom. The molecular weight excluding hydrogens is 334 g/mol. The monoisotopic (exact) mass is 357 g/mol. The molecule has 7 heteroatoms. The van der Waals surface area contributed by atoms with Crippen LogP contribution in [0.5, 0.6) is 0 Å². The van der Waals surface area contributed by atoms with Crippen molar-refractivity contribution < 1.29 is 18.8 Å². The van der Waals surface area contributed by atoms with Crippen molar-refractivity contribution in [3.05, 3.63) is 36.1 Å². The molecule has 2 aromatic rings. The normalized spacial score (nSPS) is 15.4. The van der Waals surface area contributed by atoms with Crippen LogP contribution in [0.1, 0.15) is 38.5 Å². The minimum atomic E-state index is -0.384. The number of urea groups is 1. The first kappa shape index (κ1) is 18.0. The number of hydrogen-bond donors (Lipinski definition) is 1. The standard InChI is InChI=1S/C19H23N3O4/c1-3-21(13(2)16-11-14-7-4-5-8-15(14)26-16)17(23)9-6-10-22-18(24)12-20-19(22)25/h4-5,7-8,11,13H,3,6,9-10,12H2,1-2H3,(H,20,25). The zero-order valence-corrected chi connectivity index (χ0v) is 15.0. The van der Waals surface area contributed by atoms with E-state index in [1.807, 2.05) is 44.2 Å². The molecule has 0 radical (unpaired) electrons. The second-order valence-corrected chi connectivity index (χ2v) is 6.35. The molecule has 1 atom stereocenters. The van der Waals surface area contributed by atoms with E-state index in [1.165, 1.54) is 0 Å². The van der Waals surface area contributed by atoms with Gasteiger partial charge in [-0.3, -0.25) is 14.5 Å². The molecule has 0 aliphatic carbocycles. The van der Waals surface area contributed by atoms with E-state index in [4.69, 9.17) is 4.42 Å². The van der Waals surface area contributed by atoms with Crippen LogP contribution in [0.25, 0.3) is 11.0 Å². The van der Waals surface area contributed by atoms with Gasteiger partial charge in [0.15, 0.2) is 0 Å². The third-order valence-electron chi connectivity index (χ3n) is 4.69. The number of carbonyl (C=O) groups is 3. The van der Waals surface area contributed by atoms with Crippen molar-refractivity contribution in [3.8, 4) is 0 Å². The minimum absolute atomic E-state index is 0.0208. The summed E-state index contributed by atoms with van der Waals surface area (Å²) in [5, 5.41) is 3.48. The summed E-state index contributed by atoms with van der Waals surface area (Å²) in [6.45, 7) is 4.72. The average molecular weight is 357 g/mol. The van der Waals surface area contributed by atoms with E-state index in [9.17, 15) is 14.4 Å². The van der Waals surface area contributed by atoms with Crippen molar-refractivity contribution in [2.45, 2.75) is 32.7 Å². The largest absolute Gasteiger partial charge is 0.459 e. The molecule has 1 aliphatic rings. The Bertz CT molecular complexity index is 780. The highest BCUT2D eigenvalue weighted by Crippen LogP contribution is 2.27. The number of rotatable bonds is 7. The molecular formula is C19H23N3O4. The summed E-state index contributed by atoms with van der Waals surface area (Å²) in [6.07, 6.45) is 0.719. The van der Waals surface area contributed by atoms with Crippen molar-refractivity contribution >= 4 is 28.8 Å². The molecule has 7 nitrogen and oxygen atoms in total. The molecule has 1 aromatic carbocycles. The number of furan rings is 1. The van der Waals surface area contributed by atoms with E-state index in [-0.39, 0.29) is 43.4 Å². The Hall–Kier alpha value is -2.83. The van der Waals surface area contributed by atoms with Crippen LogP contribution in [0.15, 0.2) is 34.7 Å². The number of nitrogens with zero attached hydrogens (tertiary/aromatic N) is 2. The number of hydrogen-bond acceptors (Lipinski definition) is 4. The maximum absolute atomic E-state index is 12.6. The molecule has 1 unspecified atom stereocenters. The Kier molecular flexibility index (Phi) is 5.25. The van der Waals surface area contributed by atoms with E-state index in [0.717, 1.165) is 21.6 Å². The fourth-order valence-electron chi connectivity index (χ4n) is 3.24. The number of imide groups is 1. The van der Waals surface area contributed by atoms with Gasteiger partial charge in [-0.1, -0.05) is 18.2 Å². The first-order valence-electron chi connectivity index (χ1n) is 8.87. The summed E-state index contributed by atoms with van der Waals surface area (Å²) in [5.41, 5.74) is 0.802. The summed E-state index contributed by atoms with van der Waals surface area (Å²) in [7, 11) is 0. The smallest absolute Gasteiger partial charge is 0.324 e. The Morgan fingerprint density at radius 1 is 1.35 bits per heavy atom. The molecule has 1 aliphatic heterocycles. The maximum atomic E-state index is 12.6. The lowest BCUT2D eigenvalue weighted by molar-refractivity contribution is -0.134. The first-order chi connectivity index (χ1) is 12.5. The quantitative estimate of drug-likeness (QED) is 0.772. The second kappa shape index (κ2) is 7.59. The summed E-state index contributed by atoms with van der Waals surface area (Å²) in [6, 6.07) is 9.14. The number of para-hydroxylation sites is 1. The van der Waals surface area contributed by atoms with Crippen LogP contribution in [0.2, 0.25) is 0 Å². The van der Waals surface area contributed by atoms with Crippen molar-refractivity contribution in [2.75, 3.05) is 19.6 Å². The third-order valence-corrected chi connectivity index (χ3v) is 4.69. The second-order valence-electron chi connectivity index (χ2n) is 6.35. The number of amides is 4. The van der Waals surface area contributed by atoms with Crippen LogP contribution in [0.4, 0.5) is 4.79 Å². The van der Waals surface area contributed by atoms with Gasteiger partial charge >= 0.3 is 6.03 Å². The summed E-state index contributed by atoms with van der Waals surface area (Å²) >= 11 is 0. The molecule has 1 saturated heterocycles. The molecule has 1 N–H and O–H groups in total. The summed E-state index contributed by atoms with van der Waals surface area (Å²) < 4.78 is 5.88. The Morgan fingerprint density at radius 3 is 2.77 bits per heavy atom. The molecule has 1 aromatic heterocycles. The van der Waals surface area contributed by atoms with Gasteiger partial charge in [0.05, 0.1) is 12.6 Å². The van der Waals surface area contributed by atoms with Crippen LogP contribution in [0.3, 0.4) is 0 Å². The van der Waals surface area contributed by atoms with Gasteiger partial charge in [0, 0.05) is 24.9 Å². The summed E-state index contributed by atoms with van der Waals surface area (Å²) in [4.78, 5) is 38.6. The molecule has 0 bridgehead atoms. The summed E-state index contributed by atoms with van der Waals surface area (Å²) in [5.74, 6) is 0.480. The zero-order chi connectivity index (χ0) is 18.7. The van der Waals surface area contributed by atoms with Crippen LogP contribution in [-0.4, -0.2) is 47.3 Å². The maximum Gasteiger partial charge on any atom is 0.324 e. The van der Waals surface area contributed by atoms with Crippen molar-refractivity contribution in [1.82, 2.24) is 15.1 Å². The molecule has 2 heterocycles. The molecule has 26 heavy (non-hydrogen) atoms. The lowest BCUT2D eigenvalue weighted by Crippen LogP contribution is -2.35. The van der Waals surface area contributed by atoms with Gasteiger partial charge < -0.3 is 14.6 Å². The van der Waals surface area contributed by atoms with Gasteiger partial charge in [-0.15, -0.1) is 0 Å². The Labute approximate surface area is 151 Å². The van der Waals surface area contributed by atoms with Gasteiger partial charge in [-0.05, 0) is 32.4 Å². The number of nitrogens with one attached hydrogen (secondary N) is 1. The highest BCUT2D eigenvalue weighted by atomic mass is 16.3. The van der Waals surface area contributed by atoms with Crippen LogP contribution in [-0.2, 0) is 9.59 Å². The Balaban J connectivity index is 1.60. The minimum Gasteiger partial charge on any atom is -0.459 e. The van der Waals surface area contributed by atoms with Crippen LogP contribution < -0.4 is 5.32 Å². The number of benzene rings is 1. The molecule has 138 valence electrons. The van der Waals surface area contributed by atoms with Crippen molar-refractivity contribution in [2.24, 2.45) is 0 Å². The number of fused-ring (bicyclic) bond motifs is 1. The third kappa shape index (κ3) is 3.56. The molecule has 0 spiro atoms. The van der Waals surface area contributed by atoms with Crippen LogP contribution >= 0.6 is 0 Å². The lowest BCUT2D eigenvalue weighted by Gasteiger charge is -2.27. The average Bonchev–Trinajstić information content (AvgIpc) is 3.20. The van der Waals surface area contributed by atoms with E-state index in [2.05, 4.69) is 5.32 Å². The predicted molar refractivity (Wildman–Crippen MR) is 96.4 cm³/mol. The van der Waals surface area contributed by atoms with E-state index < -0.39 is 0 Å². The number of carbonyl (C=O) groups excluding carboxylic acids is 3. The highest BCUT2D eigenvalue weighted by molar-refractivity contribution is 6.01. The first-order valence-corrected chi connectivity index (χ1v) is 8.87. The SMILES string of the molecule is CCN(C(=O)CCCN1C(=O)CNC1=O)C(C)c1cc2ccccc2o1. The van der Waals surface area contributed by atoms with Gasteiger partial charge in [-0.2, -0.15) is 0 Å². The van der Waals surface area contributed by atoms with Gasteiger partial charge in [0.25, 0.3) is 0 Å². The van der Waals surface area contributed by atoms with Gasteiger partial charge in [0.1, 0.15) is 11.3 Å². The van der Waals surface area contributed by atoms with Crippen molar-refractivity contribution in [3.63, 3.8) is 0 Å². The van der Waals surface area contributed by atoms with E-state index >= 15 is 0 Å². The fraction of sp³-hybridized carbons (Fsp3) is 0.421. The molecule has 1 fully saturated rings. The van der Waals surface area contributed by atoms with E-state index in [1.54, 1.807) is 4.90 Å². The van der Waals surface area contributed by atoms with Crippen LogP contribution in [0, 0.1) is 0 Å². The molecule has 0 saturated carbocycles. The highest BCUT2D eigenvalue weighted by Gasteiger charge is 2.28. The van der Waals surface area contributed by atoms with Crippen molar-refractivity contribution in [1.29, 1.82) is 0 Å². The molecule has 3 rings (SSSR count). The fourth-order valence-corrected chi connectivity index (χ4v) is 3.24. The van der Waals surface area contributed by atoms with E-state index in [0.29, 0.717) is 13.0 Å².